The van der Waals surface area contributed by atoms with Gasteiger partial charge >= 0.3 is 6.18 Å². The van der Waals surface area contributed by atoms with Crippen molar-refractivity contribution in [1.29, 1.82) is 5.26 Å². The second kappa shape index (κ2) is 3.81. The maximum Gasteiger partial charge on any atom is 0.416 e. The predicted molar refractivity (Wildman–Crippen MR) is 49.9 cm³/mol. The molecule has 0 spiro atoms. The molecular formula is C10H9F3N2. The van der Waals surface area contributed by atoms with Crippen LogP contribution in [0.3, 0.4) is 0 Å². The molecule has 0 aliphatic rings. The van der Waals surface area contributed by atoms with Gasteiger partial charge in [-0.3, -0.25) is 0 Å². The minimum absolute atomic E-state index is 0.000741. The van der Waals surface area contributed by atoms with E-state index in [0.29, 0.717) is 5.56 Å². The Balaban J connectivity index is 3.41. The highest BCUT2D eigenvalue weighted by Crippen LogP contribution is 2.35. The summed E-state index contributed by atoms with van der Waals surface area (Å²) in [6.07, 6.45) is -4.73. The lowest BCUT2D eigenvalue weighted by Gasteiger charge is -2.14. The molecule has 0 unspecified atom stereocenters. The first-order valence-corrected chi connectivity index (χ1v) is 4.19. The molecule has 2 nitrogen and oxygen atoms in total. The first-order valence-electron chi connectivity index (χ1n) is 4.19. The fraction of sp³-hybridized carbons (Fsp3) is 0.300. The number of nitrogens with zero attached hydrogens (tertiary/aromatic N) is 1. The van der Waals surface area contributed by atoms with Crippen LogP contribution in [0.4, 0.5) is 18.9 Å². The Morgan fingerprint density at radius 2 is 2.00 bits per heavy atom. The summed E-state index contributed by atoms with van der Waals surface area (Å²) in [6.45, 7) is 1.51. The van der Waals surface area contributed by atoms with E-state index in [-0.39, 0.29) is 17.7 Å². The van der Waals surface area contributed by atoms with Crippen LogP contribution in [-0.2, 0) is 12.6 Å². The van der Waals surface area contributed by atoms with Gasteiger partial charge in [0.1, 0.15) is 0 Å². The van der Waals surface area contributed by atoms with Crippen molar-refractivity contribution in [3.63, 3.8) is 0 Å². The molecule has 80 valence electrons. The van der Waals surface area contributed by atoms with Crippen molar-refractivity contribution < 1.29 is 13.2 Å². The van der Waals surface area contributed by atoms with Gasteiger partial charge < -0.3 is 5.73 Å². The second-order valence-corrected chi connectivity index (χ2v) is 3.20. The molecule has 0 saturated heterocycles. The summed E-state index contributed by atoms with van der Waals surface area (Å²) < 4.78 is 37.7. The minimum Gasteiger partial charge on any atom is -0.399 e. The molecule has 0 radical (unpaired) electrons. The molecule has 0 fully saturated rings. The lowest BCUT2D eigenvalue weighted by Crippen LogP contribution is -2.11. The van der Waals surface area contributed by atoms with Crippen molar-refractivity contribution in [1.82, 2.24) is 0 Å². The van der Waals surface area contributed by atoms with Crippen LogP contribution in [0, 0.1) is 18.3 Å². The van der Waals surface area contributed by atoms with Gasteiger partial charge in [0.2, 0.25) is 0 Å². The number of alkyl halides is 3. The standard InChI is InChI=1S/C10H9F3N2/c1-6-4-7(15)5-9(10(11,12)13)8(6)2-3-14/h4-5H,2,15H2,1H3. The second-order valence-electron chi connectivity index (χ2n) is 3.20. The first-order chi connectivity index (χ1) is 6.86. The van der Waals surface area contributed by atoms with Crippen LogP contribution < -0.4 is 5.73 Å². The van der Waals surface area contributed by atoms with Gasteiger partial charge in [0.05, 0.1) is 18.1 Å². The zero-order valence-corrected chi connectivity index (χ0v) is 8.02. The van der Waals surface area contributed by atoms with Crippen molar-refractivity contribution in [3.8, 4) is 6.07 Å². The van der Waals surface area contributed by atoms with E-state index in [1.165, 1.54) is 13.0 Å². The Bertz CT molecular complexity index is 416. The summed E-state index contributed by atoms with van der Waals surface area (Å²) in [5, 5.41) is 8.46. The van der Waals surface area contributed by atoms with Crippen molar-refractivity contribution in [2.75, 3.05) is 5.73 Å². The number of halogens is 3. The Hall–Kier alpha value is -1.70. The van der Waals surface area contributed by atoms with Gasteiger partial charge in [-0.15, -0.1) is 0 Å². The number of hydrogen-bond donors (Lipinski definition) is 1. The van der Waals surface area contributed by atoms with Crippen LogP contribution >= 0.6 is 0 Å². The van der Waals surface area contributed by atoms with E-state index in [9.17, 15) is 13.2 Å². The third-order valence-corrected chi connectivity index (χ3v) is 2.06. The molecule has 0 saturated carbocycles. The molecule has 15 heavy (non-hydrogen) atoms. The molecule has 0 aliphatic heterocycles. The summed E-state index contributed by atoms with van der Waals surface area (Å²) in [5.41, 5.74) is 4.97. The average molecular weight is 214 g/mol. The van der Waals surface area contributed by atoms with Gasteiger partial charge in [-0.05, 0) is 30.2 Å². The molecule has 0 atom stereocenters. The van der Waals surface area contributed by atoms with Gasteiger partial charge in [0.15, 0.2) is 0 Å². The van der Waals surface area contributed by atoms with Crippen LogP contribution in [0.1, 0.15) is 16.7 Å². The monoisotopic (exact) mass is 214 g/mol. The highest BCUT2D eigenvalue weighted by atomic mass is 19.4. The van der Waals surface area contributed by atoms with Gasteiger partial charge in [0.25, 0.3) is 0 Å². The van der Waals surface area contributed by atoms with Gasteiger partial charge in [-0.2, -0.15) is 18.4 Å². The summed E-state index contributed by atoms with van der Waals surface area (Å²) in [4.78, 5) is 0. The lowest BCUT2D eigenvalue weighted by molar-refractivity contribution is -0.138. The Morgan fingerprint density at radius 1 is 1.40 bits per heavy atom. The topological polar surface area (TPSA) is 49.8 Å². The summed E-state index contributed by atoms with van der Waals surface area (Å²) >= 11 is 0. The van der Waals surface area contributed by atoms with E-state index < -0.39 is 11.7 Å². The van der Waals surface area contributed by atoms with Crippen molar-refractivity contribution >= 4 is 5.69 Å². The molecule has 5 heteroatoms. The molecule has 0 aliphatic carbocycles. The fourth-order valence-corrected chi connectivity index (χ4v) is 1.41. The zero-order valence-electron chi connectivity index (χ0n) is 8.02. The molecule has 2 N–H and O–H groups in total. The van der Waals surface area contributed by atoms with Crippen LogP contribution in [0.25, 0.3) is 0 Å². The SMILES string of the molecule is Cc1cc(N)cc(C(F)(F)F)c1CC#N. The molecule has 0 bridgehead atoms. The number of hydrogen-bond acceptors (Lipinski definition) is 2. The smallest absolute Gasteiger partial charge is 0.399 e. The molecule has 1 aromatic rings. The van der Waals surface area contributed by atoms with E-state index in [1.54, 1.807) is 6.07 Å². The van der Waals surface area contributed by atoms with Gasteiger partial charge in [-0.25, -0.2) is 0 Å². The molecule has 0 heterocycles. The van der Waals surface area contributed by atoms with Crippen LogP contribution in [0.5, 0.6) is 0 Å². The summed E-state index contributed by atoms with van der Waals surface area (Å²) in [7, 11) is 0. The zero-order chi connectivity index (χ0) is 11.6. The Morgan fingerprint density at radius 3 is 2.47 bits per heavy atom. The van der Waals surface area contributed by atoms with E-state index in [2.05, 4.69) is 0 Å². The van der Waals surface area contributed by atoms with E-state index >= 15 is 0 Å². The van der Waals surface area contributed by atoms with Crippen molar-refractivity contribution in [2.45, 2.75) is 19.5 Å². The normalized spacial score (nSPS) is 11.1. The largest absolute Gasteiger partial charge is 0.416 e. The van der Waals surface area contributed by atoms with Gasteiger partial charge in [0, 0.05) is 5.69 Å². The summed E-state index contributed by atoms with van der Waals surface area (Å²) in [5.74, 6) is 0. The quantitative estimate of drug-likeness (QED) is 0.730. The molecule has 0 aromatic heterocycles. The lowest BCUT2D eigenvalue weighted by atomic mass is 9.98. The fourth-order valence-electron chi connectivity index (χ4n) is 1.41. The number of rotatable bonds is 1. The maximum absolute atomic E-state index is 12.6. The maximum atomic E-state index is 12.6. The number of benzene rings is 1. The van der Waals surface area contributed by atoms with Crippen LogP contribution in [0.15, 0.2) is 12.1 Å². The van der Waals surface area contributed by atoms with E-state index in [4.69, 9.17) is 11.0 Å². The molecule has 1 aromatic carbocycles. The first kappa shape index (κ1) is 11.4. The highest BCUT2D eigenvalue weighted by Gasteiger charge is 2.34. The van der Waals surface area contributed by atoms with Gasteiger partial charge in [-0.1, -0.05) is 0 Å². The van der Waals surface area contributed by atoms with Crippen LogP contribution in [-0.4, -0.2) is 0 Å². The third-order valence-electron chi connectivity index (χ3n) is 2.06. The highest BCUT2D eigenvalue weighted by molar-refractivity contribution is 5.51. The molecular weight excluding hydrogens is 205 g/mol. The third kappa shape index (κ3) is 2.40. The van der Waals surface area contributed by atoms with E-state index in [0.717, 1.165) is 6.07 Å². The van der Waals surface area contributed by atoms with Crippen molar-refractivity contribution in [3.05, 3.63) is 28.8 Å². The summed E-state index contributed by atoms with van der Waals surface area (Å²) in [6, 6.07) is 4.01. The van der Waals surface area contributed by atoms with Crippen LogP contribution in [0.2, 0.25) is 0 Å². The number of anilines is 1. The Labute approximate surface area is 85.1 Å². The number of nitrogen functional groups attached to an aromatic ring is 1. The number of aryl methyl sites for hydroxylation is 1. The predicted octanol–water partition coefficient (Wildman–Crippen LogP) is 2.66. The Kier molecular flexibility index (Phi) is 2.89. The average Bonchev–Trinajstić information content (AvgIpc) is 2.07. The molecule has 0 amide bonds. The van der Waals surface area contributed by atoms with Crippen molar-refractivity contribution in [2.24, 2.45) is 0 Å². The number of nitriles is 1. The number of nitrogens with two attached hydrogens (primary N) is 1. The molecule has 1 rings (SSSR count). The van der Waals surface area contributed by atoms with E-state index in [1.807, 2.05) is 0 Å². The minimum atomic E-state index is -4.47.